The lowest BCUT2D eigenvalue weighted by molar-refractivity contribution is -0.114. The average molecular weight is 604 g/mol. The summed E-state index contributed by atoms with van der Waals surface area (Å²) in [5, 5.41) is 17.2. The lowest BCUT2D eigenvalue weighted by atomic mass is 10.1. The number of hydrogen-bond donors (Lipinski definition) is 4. The van der Waals surface area contributed by atoms with Gasteiger partial charge < -0.3 is 21.1 Å². The van der Waals surface area contributed by atoms with Gasteiger partial charge in [-0.05, 0) is 66.7 Å². The number of anilines is 2. The fourth-order valence-electron chi connectivity index (χ4n) is 3.61. The number of carboxylic acid groups (broad SMARTS) is 1. The highest BCUT2D eigenvalue weighted by molar-refractivity contribution is 8.00. The molecule has 4 N–H and O–H groups in total. The van der Waals surface area contributed by atoms with E-state index in [2.05, 4.69) is 16.0 Å². The third-order valence-corrected chi connectivity index (χ3v) is 7.04. The Bertz CT molecular complexity index is 1660. The van der Waals surface area contributed by atoms with Crippen molar-refractivity contribution in [3.63, 3.8) is 0 Å². The Morgan fingerprint density at radius 1 is 0.833 bits per heavy atom. The first kappa shape index (κ1) is 30.0. The zero-order valence-electron chi connectivity index (χ0n) is 21.8. The Labute approximate surface area is 249 Å². The van der Waals surface area contributed by atoms with Crippen molar-refractivity contribution >= 4 is 64.5 Å². The molecule has 212 valence electrons. The summed E-state index contributed by atoms with van der Waals surface area (Å²) < 4.78 is 14.3. The van der Waals surface area contributed by atoms with Gasteiger partial charge in [-0.15, -0.1) is 11.8 Å². The van der Waals surface area contributed by atoms with Gasteiger partial charge >= 0.3 is 5.97 Å². The Morgan fingerprint density at radius 3 is 2.21 bits per heavy atom. The first-order valence-corrected chi connectivity index (χ1v) is 13.8. The lowest BCUT2D eigenvalue weighted by Gasteiger charge is -2.12. The molecule has 0 saturated carbocycles. The number of halogens is 2. The maximum atomic E-state index is 14.3. The van der Waals surface area contributed by atoms with Crippen LogP contribution in [0, 0.1) is 5.82 Å². The minimum atomic E-state index is -1.14. The van der Waals surface area contributed by atoms with E-state index in [1.165, 1.54) is 54.2 Å². The summed E-state index contributed by atoms with van der Waals surface area (Å²) >= 11 is 7.27. The number of benzene rings is 4. The van der Waals surface area contributed by atoms with Crippen LogP contribution in [-0.4, -0.2) is 34.6 Å². The topological polar surface area (TPSA) is 125 Å². The fourth-order valence-corrected chi connectivity index (χ4v) is 4.48. The Morgan fingerprint density at radius 2 is 1.52 bits per heavy atom. The van der Waals surface area contributed by atoms with Crippen LogP contribution >= 0.6 is 23.4 Å². The number of aromatic carboxylic acids is 1. The van der Waals surface area contributed by atoms with Crippen molar-refractivity contribution in [2.24, 2.45) is 0 Å². The van der Waals surface area contributed by atoms with E-state index in [-0.39, 0.29) is 39.2 Å². The zero-order chi connectivity index (χ0) is 30.1. The van der Waals surface area contributed by atoms with Crippen LogP contribution in [0.4, 0.5) is 15.8 Å². The summed E-state index contributed by atoms with van der Waals surface area (Å²) in [6.45, 7) is 0. The standard InChI is InChI=1S/C31H23ClFN3O5S/c32-24-15-10-21(31(40)41)17-26(24)35-28(37)18-42-23-13-11-22(12-14-23)34-30(39)27(16-20-8-4-5-9-25(20)33)36-29(38)19-6-2-1-3-7-19/h1-17H,18H2,(H,34,39)(H,35,37)(H,36,38)(H,40,41)/b27-16-. The van der Waals surface area contributed by atoms with E-state index < -0.39 is 23.6 Å². The number of nitrogens with one attached hydrogen (secondary N) is 3. The molecule has 0 spiro atoms. The third-order valence-electron chi connectivity index (χ3n) is 5.70. The second-order valence-corrected chi connectivity index (χ2v) is 10.2. The summed E-state index contributed by atoms with van der Waals surface area (Å²) in [5.74, 6) is -3.27. The Balaban J connectivity index is 1.40. The summed E-state index contributed by atoms with van der Waals surface area (Å²) in [6.07, 6.45) is 1.26. The monoisotopic (exact) mass is 603 g/mol. The highest BCUT2D eigenvalue weighted by Crippen LogP contribution is 2.25. The van der Waals surface area contributed by atoms with Gasteiger partial charge in [0, 0.05) is 21.7 Å². The van der Waals surface area contributed by atoms with E-state index in [0.717, 1.165) is 0 Å². The van der Waals surface area contributed by atoms with Crippen LogP contribution in [0.15, 0.2) is 108 Å². The average Bonchev–Trinajstić information content (AvgIpc) is 2.99. The van der Waals surface area contributed by atoms with Gasteiger partial charge in [-0.25, -0.2) is 9.18 Å². The molecule has 0 saturated heterocycles. The summed E-state index contributed by atoms with van der Waals surface area (Å²) in [5.41, 5.74) is 0.878. The normalized spacial score (nSPS) is 11.0. The van der Waals surface area contributed by atoms with Crippen molar-refractivity contribution in [2.45, 2.75) is 4.90 Å². The van der Waals surface area contributed by atoms with E-state index in [1.807, 2.05) is 0 Å². The number of carbonyl (C=O) groups is 4. The van der Waals surface area contributed by atoms with E-state index in [0.29, 0.717) is 16.1 Å². The quantitative estimate of drug-likeness (QED) is 0.124. The second-order valence-electron chi connectivity index (χ2n) is 8.71. The van der Waals surface area contributed by atoms with Crippen molar-refractivity contribution in [3.05, 3.63) is 130 Å². The number of amides is 3. The van der Waals surface area contributed by atoms with Crippen LogP contribution in [0.5, 0.6) is 0 Å². The van der Waals surface area contributed by atoms with Crippen molar-refractivity contribution < 1.29 is 28.7 Å². The third kappa shape index (κ3) is 8.29. The molecule has 0 unspecified atom stereocenters. The smallest absolute Gasteiger partial charge is 0.335 e. The van der Waals surface area contributed by atoms with E-state index in [4.69, 9.17) is 16.7 Å². The Kier molecular flexibility index (Phi) is 10.1. The van der Waals surface area contributed by atoms with Gasteiger partial charge in [0.1, 0.15) is 11.5 Å². The highest BCUT2D eigenvalue weighted by Gasteiger charge is 2.16. The Hall–Kier alpha value is -4.93. The first-order chi connectivity index (χ1) is 20.2. The summed E-state index contributed by atoms with van der Waals surface area (Å²) in [6, 6.07) is 24.8. The first-order valence-electron chi connectivity index (χ1n) is 12.4. The number of hydrogen-bond acceptors (Lipinski definition) is 5. The molecule has 4 aromatic carbocycles. The maximum Gasteiger partial charge on any atom is 0.335 e. The van der Waals surface area contributed by atoms with Gasteiger partial charge in [0.15, 0.2) is 0 Å². The molecule has 0 aliphatic carbocycles. The number of carbonyl (C=O) groups excluding carboxylic acids is 3. The second kappa shape index (κ2) is 14.1. The molecular weight excluding hydrogens is 581 g/mol. The maximum absolute atomic E-state index is 14.3. The molecule has 0 atom stereocenters. The van der Waals surface area contributed by atoms with Crippen LogP contribution in [0.2, 0.25) is 5.02 Å². The van der Waals surface area contributed by atoms with Crippen LogP contribution in [0.3, 0.4) is 0 Å². The molecule has 0 fully saturated rings. The van der Waals surface area contributed by atoms with Crippen LogP contribution < -0.4 is 16.0 Å². The van der Waals surface area contributed by atoms with Crippen LogP contribution in [-0.2, 0) is 9.59 Å². The largest absolute Gasteiger partial charge is 0.478 e. The number of thioether (sulfide) groups is 1. The van der Waals surface area contributed by atoms with Gasteiger partial charge in [-0.3, -0.25) is 14.4 Å². The molecule has 4 rings (SSSR count). The predicted molar refractivity (Wildman–Crippen MR) is 161 cm³/mol. The molecule has 0 aliphatic heterocycles. The molecule has 8 nitrogen and oxygen atoms in total. The predicted octanol–water partition coefficient (Wildman–Crippen LogP) is 6.32. The number of carboxylic acids is 1. The van der Waals surface area contributed by atoms with Gasteiger partial charge in [0.25, 0.3) is 11.8 Å². The van der Waals surface area contributed by atoms with Crippen molar-refractivity contribution in [3.8, 4) is 0 Å². The lowest BCUT2D eigenvalue weighted by Crippen LogP contribution is -2.30. The molecule has 0 aliphatic rings. The molecule has 4 aromatic rings. The van der Waals surface area contributed by atoms with Gasteiger partial charge in [0.05, 0.1) is 22.0 Å². The fraction of sp³-hybridized carbons (Fsp3) is 0.0323. The molecular formula is C31H23ClFN3O5S. The molecule has 0 radical (unpaired) electrons. The zero-order valence-corrected chi connectivity index (χ0v) is 23.3. The van der Waals surface area contributed by atoms with Crippen LogP contribution in [0.25, 0.3) is 6.08 Å². The molecule has 11 heteroatoms. The minimum absolute atomic E-state index is 0.00785. The van der Waals surface area contributed by atoms with Crippen molar-refractivity contribution in [1.29, 1.82) is 0 Å². The van der Waals surface area contributed by atoms with E-state index in [1.54, 1.807) is 60.7 Å². The van der Waals surface area contributed by atoms with Gasteiger partial charge in [0.2, 0.25) is 5.91 Å². The molecule has 0 bridgehead atoms. The van der Waals surface area contributed by atoms with Crippen LogP contribution in [0.1, 0.15) is 26.3 Å². The summed E-state index contributed by atoms with van der Waals surface area (Å²) in [7, 11) is 0. The highest BCUT2D eigenvalue weighted by atomic mass is 35.5. The van der Waals surface area contributed by atoms with E-state index in [9.17, 15) is 23.6 Å². The molecule has 42 heavy (non-hydrogen) atoms. The van der Waals surface area contributed by atoms with Crippen molar-refractivity contribution in [2.75, 3.05) is 16.4 Å². The SMILES string of the molecule is O=C(CSc1ccc(NC(=O)/C(=C/c2ccccc2F)NC(=O)c2ccccc2)cc1)Nc1cc(C(=O)O)ccc1Cl. The van der Waals surface area contributed by atoms with Crippen molar-refractivity contribution in [1.82, 2.24) is 5.32 Å². The minimum Gasteiger partial charge on any atom is -0.478 e. The molecule has 3 amide bonds. The van der Waals surface area contributed by atoms with E-state index >= 15 is 0 Å². The van der Waals surface area contributed by atoms with Gasteiger partial charge in [-0.2, -0.15) is 0 Å². The molecule has 0 heterocycles. The molecule has 0 aromatic heterocycles. The summed E-state index contributed by atoms with van der Waals surface area (Å²) in [4.78, 5) is 50.2. The van der Waals surface area contributed by atoms with Gasteiger partial charge in [-0.1, -0.05) is 48.0 Å². The number of rotatable bonds is 10.